The summed E-state index contributed by atoms with van der Waals surface area (Å²) in [6.45, 7) is 11.9. The van der Waals surface area contributed by atoms with E-state index in [1.165, 1.54) is 11.4 Å². The van der Waals surface area contributed by atoms with Gasteiger partial charge in [-0.15, -0.1) is 0 Å². The molecule has 4 nitrogen and oxygen atoms in total. The molecule has 110 valence electrons. The highest BCUT2D eigenvalue weighted by Crippen LogP contribution is 2.42. The van der Waals surface area contributed by atoms with E-state index in [1.54, 1.807) is 0 Å². The highest BCUT2D eigenvalue weighted by atomic mass is 16.5. The molecule has 1 aromatic carbocycles. The first-order valence-electron chi connectivity index (χ1n) is 7.69. The summed E-state index contributed by atoms with van der Waals surface area (Å²) in [6, 6.07) is 6.95. The standard InChI is InChI=1S/C16H25N3O/c1-12(2)19-11-13(3)20-15-6-4-5-14(16(15)19)18-9-7-17-8-10-18/h4-6,12-13,17H,7-11H2,1-3H3. The van der Waals surface area contributed by atoms with Gasteiger partial charge in [0.05, 0.1) is 12.2 Å². The number of rotatable bonds is 2. The Morgan fingerprint density at radius 1 is 1.25 bits per heavy atom. The first-order chi connectivity index (χ1) is 9.66. The third-order valence-electron chi connectivity index (χ3n) is 4.13. The van der Waals surface area contributed by atoms with Gasteiger partial charge in [-0.2, -0.15) is 0 Å². The topological polar surface area (TPSA) is 27.7 Å². The third kappa shape index (κ3) is 2.44. The molecule has 0 aromatic heterocycles. The van der Waals surface area contributed by atoms with Crippen molar-refractivity contribution in [3.63, 3.8) is 0 Å². The molecule has 4 heteroatoms. The van der Waals surface area contributed by atoms with Crippen molar-refractivity contribution < 1.29 is 4.74 Å². The van der Waals surface area contributed by atoms with Gasteiger partial charge in [0.2, 0.25) is 0 Å². The zero-order valence-electron chi connectivity index (χ0n) is 12.7. The monoisotopic (exact) mass is 275 g/mol. The van der Waals surface area contributed by atoms with Gasteiger partial charge in [0.1, 0.15) is 17.5 Å². The molecule has 0 bridgehead atoms. The largest absolute Gasteiger partial charge is 0.487 e. The van der Waals surface area contributed by atoms with Gasteiger partial charge in [-0.05, 0) is 32.9 Å². The van der Waals surface area contributed by atoms with Crippen molar-refractivity contribution in [2.75, 3.05) is 42.5 Å². The number of hydrogen-bond acceptors (Lipinski definition) is 4. The Kier molecular flexibility index (Phi) is 3.74. The zero-order chi connectivity index (χ0) is 14.1. The molecule has 0 saturated carbocycles. The Balaban J connectivity index is 2.01. The highest BCUT2D eigenvalue weighted by Gasteiger charge is 2.29. The zero-order valence-corrected chi connectivity index (χ0v) is 12.7. The Bertz CT molecular complexity index is 469. The predicted molar refractivity (Wildman–Crippen MR) is 84.1 cm³/mol. The van der Waals surface area contributed by atoms with Crippen molar-refractivity contribution in [2.45, 2.75) is 32.9 Å². The fourth-order valence-corrected chi connectivity index (χ4v) is 3.15. The van der Waals surface area contributed by atoms with E-state index in [0.717, 1.165) is 38.5 Å². The maximum atomic E-state index is 6.06. The van der Waals surface area contributed by atoms with Crippen LogP contribution in [0.3, 0.4) is 0 Å². The van der Waals surface area contributed by atoms with Gasteiger partial charge in [0.25, 0.3) is 0 Å². The summed E-state index contributed by atoms with van der Waals surface area (Å²) in [5.74, 6) is 1.04. The van der Waals surface area contributed by atoms with Crippen LogP contribution in [0.1, 0.15) is 20.8 Å². The first-order valence-corrected chi connectivity index (χ1v) is 7.69. The summed E-state index contributed by atoms with van der Waals surface area (Å²) >= 11 is 0. The van der Waals surface area contributed by atoms with Crippen LogP contribution in [0.4, 0.5) is 11.4 Å². The van der Waals surface area contributed by atoms with Crippen LogP contribution in [0, 0.1) is 0 Å². The number of anilines is 2. The molecule has 0 aliphatic carbocycles. The van der Waals surface area contributed by atoms with Gasteiger partial charge in [-0.3, -0.25) is 0 Å². The average molecular weight is 275 g/mol. The van der Waals surface area contributed by atoms with Crippen LogP contribution in [-0.4, -0.2) is 44.9 Å². The quantitative estimate of drug-likeness (QED) is 0.894. The molecular weight excluding hydrogens is 250 g/mol. The lowest BCUT2D eigenvalue weighted by molar-refractivity contribution is 0.209. The van der Waals surface area contributed by atoms with E-state index in [0.29, 0.717) is 6.04 Å². The van der Waals surface area contributed by atoms with E-state index in [2.05, 4.69) is 54.1 Å². The third-order valence-corrected chi connectivity index (χ3v) is 4.13. The maximum absolute atomic E-state index is 6.06. The number of ether oxygens (including phenoxy) is 1. The van der Waals surface area contributed by atoms with E-state index in [-0.39, 0.29) is 6.10 Å². The molecule has 1 N–H and O–H groups in total. The first kappa shape index (κ1) is 13.6. The van der Waals surface area contributed by atoms with E-state index >= 15 is 0 Å². The lowest BCUT2D eigenvalue weighted by Gasteiger charge is -2.41. The summed E-state index contributed by atoms with van der Waals surface area (Å²) < 4.78 is 6.06. The second kappa shape index (κ2) is 5.52. The molecular formula is C16H25N3O. The van der Waals surface area contributed by atoms with Gasteiger partial charge >= 0.3 is 0 Å². The Labute approximate surface area is 121 Å². The number of benzene rings is 1. The van der Waals surface area contributed by atoms with Crippen LogP contribution in [0.25, 0.3) is 0 Å². The minimum Gasteiger partial charge on any atom is -0.487 e. The summed E-state index contributed by atoms with van der Waals surface area (Å²) in [7, 11) is 0. The summed E-state index contributed by atoms with van der Waals surface area (Å²) in [4.78, 5) is 4.96. The summed E-state index contributed by atoms with van der Waals surface area (Å²) in [5.41, 5.74) is 2.60. The molecule has 0 amide bonds. The van der Waals surface area contributed by atoms with Gasteiger partial charge in [-0.1, -0.05) is 6.07 Å². The van der Waals surface area contributed by atoms with Crippen LogP contribution in [0.5, 0.6) is 5.75 Å². The van der Waals surface area contributed by atoms with Gasteiger partial charge in [0.15, 0.2) is 0 Å². The molecule has 2 aliphatic heterocycles. The molecule has 1 unspecified atom stereocenters. The minimum absolute atomic E-state index is 0.253. The van der Waals surface area contributed by atoms with Crippen molar-refractivity contribution >= 4 is 11.4 Å². The van der Waals surface area contributed by atoms with Crippen LogP contribution in [-0.2, 0) is 0 Å². The van der Waals surface area contributed by atoms with Crippen LogP contribution in [0.15, 0.2) is 18.2 Å². The lowest BCUT2D eigenvalue weighted by atomic mass is 10.1. The van der Waals surface area contributed by atoms with Crippen molar-refractivity contribution in [1.29, 1.82) is 0 Å². The number of piperazine rings is 1. The molecule has 1 aromatic rings. The molecule has 0 spiro atoms. The van der Waals surface area contributed by atoms with Crippen molar-refractivity contribution in [3.8, 4) is 5.75 Å². The van der Waals surface area contributed by atoms with Crippen molar-refractivity contribution in [1.82, 2.24) is 5.32 Å². The molecule has 2 aliphatic rings. The van der Waals surface area contributed by atoms with Crippen molar-refractivity contribution in [2.24, 2.45) is 0 Å². The normalized spacial score (nSPS) is 22.7. The fraction of sp³-hybridized carbons (Fsp3) is 0.625. The van der Waals surface area contributed by atoms with Crippen LogP contribution in [0.2, 0.25) is 0 Å². The maximum Gasteiger partial charge on any atom is 0.145 e. The number of fused-ring (bicyclic) bond motifs is 1. The van der Waals surface area contributed by atoms with Crippen LogP contribution < -0.4 is 19.9 Å². The van der Waals surface area contributed by atoms with E-state index in [4.69, 9.17) is 4.74 Å². The molecule has 2 heterocycles. The predicted octanol–water partition coefficient (Wildman–Crippen LogP) is 2.09. The van der Waals surface area contributed by atoms with E-state index in [1.807, 2.05) is 0 Å². The Hall–Kier alpha value is -1.42. The number of nitrogens with one attached hydrogen (secondary N) is 1. The second-order valence-electron chi connectivity index (χ2n) is 6.04. The Morgan fingerprint density at radius 2 is 2.00 bits per heavy atom. The number of nitrogens with zero attached hydrogens (tertiary/aromatic N) is 2. The number of hydrogen-bond donors (Lipinski definition) is 1. The molecule has 3 rings (SSSR count). The van der Waals surface area contributed by atoms with Gasteiger partial charge < -0.3 is 19.9 Å². The average Bonchev–Trinajstić information content (AvgIpc) is 2.46. The summed E-state index contributed by atoms with van der Waals surface area (Å²) in [5, 5.41) is 3.42. The Morgan fingerprint density at radius 3 is 2.70 bits per heavy atom. The molecule has 1 saturated heterocycles. The minimum atomic E-state index is 0.253. The molecule has 0 radical (unpaired) electrons. The smallest absolute Gasteiger partial charge is 0.145 e. The second-order valence-corrected chi connectivity index (χ2v) is 6.04. The highest BCUT2D eigenvalue weighted by molar-refractivity contribution is 5.79. The number of para-hydroxylation sites is 1. The lowest BCUT2D eigenvalue weighted by Crippen LogP contribution is -2.46. The molecule has 20 heavy (non-hydrogen) atoms. The molecule has 1 atom stereocenters. The molecule has 1 fully saturated rings. The van der Waals surface area contributed by atoms with Gasteiger partial charge in [0, 0.05) is 32.2 Å². The van der Waals surface area contributed by atoms with Gasteiger partial charge in [-0.25, -0.2) is 0 Å². The fourth-order valence-electron chi connectivity index (χ4n) is 3.15. The van der Waals surface area contributed by atoms with E-state index < -0.39 is 0 Å². The van der Waals surface area contributed by atoms with E-state index in [9.17, 15) is 0 Å². The summed E-state index contributed by atoms with van der Waals surface area (Å²) in [6.07, 6.45) is 0.253. The van der Waals surface area contributed by atoms with Crippen LogP contribution >= 0.6 is 0 Å². The SMILES string of the molecule is CC1CN(C(C)C)c2c(cccc2N2CCNCC2)O1. The van der Waals surface area contributed by atoms with Crippen molar-refractivity contribution in [3.05, 3.63) is 18.2 Å².